The third kappa shape index (κ3) is 6.03. The highest BCUT2D eigenvalue weighted by Gasteiger charge is 2.07. The molecular weight excluding hydrogens is 294 g/mol. The number of aryl methyl sites for hydroxylation is 2. The van der Waals surface area contributed by atoms with E-state index in [1.165, 1.54) is 46.5 Å². The van der Waals surface area contributed by atoms with Crippen LogP contribution in [-0.2, 0) is 6.42 Å². The predicted molar refractivity (Wildman–Crippen MR) is 82.0 cm³/mol. The molecule has 0 saturated carbocycles. The van der Waals surface area contributed by atoms with Gasteiger partial charge in [0, 0.05) is 14.2 Å². The van der Waals surface area contributed by atoms with Crippen LogP contribution in [0.4, 0.5) is 0 Å². The van der Waals surface area contributed by atoms with E-state index in [-0.39, 0.29) is 0 Å². The van der Waals surface area contributed by atoms with Gasteiger partial charge in [-0.2, -0.15) is 0 Å². The van der Waals surface area contributed by atoms with Gasteiger partial charge < -0.3 is 5.32 Å². The first-order valence-electron chi connectivity index (χ1n) is 6.59. The van der Waals surface area contributed by atoms with Crippen LogP contribution in [0.2, 0.25) is 0 Å². The van der Waals surface area contributed by atoms with Gasteiger partial charge in [-0.25, -0.2) is 0 Å². The van der Waals surface area contributed by atoms with E-state index >= 15 is 0 Å². The van der Waals surface area contributed by atoms with E-state index in [1.807, 2.05) is 11.3 Å². The van der Waals surface area contributed by atoms with Gasteiger partial charge >= 0.3 is 0 Å². The Kier molecular flexibility index (Phi) is 7.40. The maximum absolute atomic E-state index is 3.64. The molecule has 1 heterocycles. The summed E-state index contributed by atoms with van der Waals surface area (Å²) in [5.74, 6) is 0.814. The zero-order chi connectivity index (χ0) is 12.7. The Bertz CT molecular complexity index is 322. The first kappa shape index (κ1) is 15.2. The molecule has 1 unspecified atom stereocenters. The van der Waals surface area contributed by atoms with Crippen LogP contribution in [-0.4, -0.2) is 13.1 Å². The molecule has 0 fully saturated rings. The summed E-state index contributed by atoms with van der Waals surface area (Å²) in [6.45, 7) is 9.08. The molecule has 0 aliphatic heterocycles. The molecule has 0 spiro atoms. The van der Waals surface area contributed by atoms with Crippen molar-refractivity contribution in [2.45, 2.75) is 46.5 Å². The summed E-state index contributed by atoms with van der Waals surface area (Å²) >= 11 is 5.56. The molecule has 98 valence electrons. The largest absolute Gasteiger partial charge is 0.317 e. The first-order valence-corrected chi connectivity index (χ1v) is 8.20. The third-order valence-corrected chi connectivity index (χ3v) is 5.07. The molecule has 0 aliphatic rings. The second-order valence-corrected chi connectivity index (χ2v) is 7.01. The van der Waals surface area contributed by atoms with Crippen molar-refractivity contribution < 1.29 is 0 Å². The maximum Gasteiger partial charge on any atom is 0.0317 e. The Labute approximate surface area is 118 Å². The fraction of sp³-hybridized carbons (Fsp3) is 0.714. The van der Waals surface area contributed by atoms with Crippen LogP contribution in [0.25, 0.3) is 0 Å². The summed E-state index contributed by atoms with van der Waals surface area (Å²) in [6, 6.07) is 2.23. The summed E-state index contributed by atoms with van der Waals surface area (Å²) in [5, 5.41) is 3.47. The van der Waals surface area contributed by atoms with Crippen molar-refractivity contribution in [3.8, 4) is 0 Å². The quantitative estimate of drug-likeness (QED) is 0.680. The third-order valence-electron chi connectivity index (χ3n) is 2.99. The molecule has 17 heavy (non-hydrogen) atoms. The molecule has 0 amide bonds. The van der Waals surface area contributed by atoms with Gasteiger partial charge in [0.25, 0.3) is 0 Å². The second-order valence-electron chi connectivity index (χ2n) is 4.81. The maximum atomic E-state index is 3.64. The lowest BCUT2D eigenvalue weighted by atomic mass is 10.0. The summed E-state index contributed by atoms with van der Waals surface area (Å²) in [5.41, 5.74) is 0. The van der Waals surface area contributed by atoms with Gasteiger partial charge in [-0.05, 0) is 73.6 Å². The molecule has 1 aromatic rings. The van der Waals surface area contributed by atoms with Gasteiger partial charge in [0.1, 0.15) is 0 Å². The van der Waals surface area contributed by atoms with Crippen molar-refractivity contribution in [2.75, 3.05) is 13.1 Å². The number of halogens is 1. The van der Waals surface area contributed by atoms with Crippen LogP contribution >= 0.6 is 27.3 Å². The molecule has 0 bridgehead atoms. The SMILES string of the molecule is CCCNCCC(C)CCc1sc(C)cc1Br. The summed E-state index contributed by atoms with van der Waals surface area (Å²) in [7, 11) is 0. The highest BCUT2D eigenvalue weighted by molar-refractivity contribution is 9.10. The van der Waals surface area contributed by atoms with Gasteiger partial charge in [0.15, 0.2) is 0 Å². The molecule has 1 N–H and O–H groups in total. The van der Waals surface area contributed by atoms with E-state index in [0.29, 0.717) is 0 Å². The van der Waals surface area contributed by atoms with Gasteiger partial charge in [0.2, 0.25) is 0 Å². The first-order chi connectivity index (χ1) is 8.13. The molecule has 3 heteroatoms. The minimum Gasteiger partial charge on any atom is -0.317 e. The Morgan fingerprint density at radius 1 is 1.35 bits per heavy atom. The second kappa shape index (κ2) is 8.28. The number of rotatable bonds is 8. The number of hydrogen-bond acceptors (Lipinski definition) is 2. The molecule has 1 rings (SSSR count). The Hall–Kier alpha value is 0.140. The smallest absolute Gasteiger partial charge is 0.0317 e. The van der Waals surface area contributed by atoms with Gasteiger partial charge in [-0.1, -0.05) is 13.8 Å². The number of nitrogens with one attached hydrogen (secondary N) is 1. The Morgan fingerprint density at radius 3 is 2.71 bits per heavy atom. The molecule has 1 nitrogen and oxygen atoms in total. The predicted octanol–water partition coefficient (Wildman–Crippen LogP) is 4.78. The van der Waals surface area contributed by atoms with E-state index < -0.39 is 0 Å². The van der Waals surface area contributed by atoms with Crippen molar-refractivity contribution in [1.82, 2.24) is 5.32 Å². The zero-order valence-electron chi connectivity index (χ0n) is 11.2. The van der Waals surface area contributed by atoms with E-state index in [9.17, 15) is 0 Å². The topological polar surface area (TPSA) is 12.0 Å². The molecule has 1 atom stereocenters. The van der Waals surface area contributed by atoms with Crippen LogP contribution < -0.4 is 5.32 Å². The van der Waals surface area contributed by atoms with Crippen LogP contribution in [0.3, 0.4) is 0 Å². The van der Waals surface area contributed by atoms with Crippen LogP contribution in [0.1, 0.15) is 42.9 Å². The lowest BCUT2D eigenvalue weighted by Gasteiger charge is -2.11. The van der Waals surface area contributed by atoms with Crippen LogP contribution in [0.5, 0.6) is 0 Å². The standard InChI is InChI=1S/C14H24BrNS/c1-4-8-16-9-7-11(2)5-6-14-13(15)10-12(3)17-14/h10-11,16H,4-9H2,1-3H3. The van der Waals surface area contributed by atoms with Crippen molar-refractivity contribution in [3.05, 3.63) is 20.3 Å². The average molecular weight is 318 g/mol. The van der Waals surface area contributed by atoms with Gasteiger partial charge in [-0.3, -0.25) is 0 Å². The molecule has 1 aromatic heterocycles. The average Bonchev–Trinajstić information content (AvgIpc) is 2.61. The van der Waals surface area contributed by atoms with Crippen molar-refractivity contribution >= 4 is 27.3 Å². The molecule has 0 radical (unpaired) electrons. The van der Waals surface area contributed by atoms with E-state index in [4.69, 9.17) is 0 Å². The van der Waals surface area contributed by atoms with Crippen molar-refractivity contribution in [1.29, 1.82) is 0 Å². The van der Waals surface area contributed by atoms with Gasteiger partial charge in [-0.15, -0.1) is 11.3 Å². The van der Waals surface area contributed by atoms with E-state index in [2.05, 4.69) is 48.1 Å². The van der Waals surface area contributed by atoms with Crippen LogP contribution in [0.15, 0.2) is 10.5 Å². The lowest BCUT2D eigenvalue weighted by Crippen LogP contribution is -2.18. The fourth-order valence-electron chi connectivity index (χ4n) is 1.87. The van der Waals surface area contributed by atoms with E-state index in [1.54, 1.807) is 0 Å². The Balaban J connectivity index is 2.19. The highest BCUT2D eigenvalue weighted by atomic mass is 79.9. The Morgan fingerprint density at radius 2 is 2.12 bits per heavy atom. The number of hydrogen-bond donors (Lipinski definition) is 1. The summed E-state index contributed by atoms with van der Waals surface area (Å²) in [6.07, 6.45) is 5.04. The minimum atomic E-state index is 0.814. The monoisotopic (exact) mass is 317 g/mol. The summed E-state index contributed by atoms with van der Waals surface area (Å²) < 4.78 is 1.30. The van der Waals surface area contributed by atoms with E-state index in [0.717, 1.165) is 12.5 Å². The lowest BCUT2D eigenvalue weighted by molar-refractivity contribution is 0.471. The molecule has 0 saturated heterocycles. The normalized spacial score (nSPS) is 12.9. The van der Waals surface area contributed by atoms with Crippen molar-refractivity contribution in [2.24, 2.45) is 5.92 Å². The van der Waals surface area contributed by atoms with Gasteiger partial charge in [0.05, 0.1) is 0 Å². The fourth-order valence-corrected chi connectivity index (χ4v) is 3.75. The minimum absolute atomic E-state index is 0.814. The zero-order valence-corrected chi connectivity index (χ0v) is 13.6. The summed E-state index contributed by atoms with van der Waals surface area (Å²) in [4.78, 5) is 2.92. The molecule has 0 aliphatic carbocycles. The van der Waals surface area contributed by atoms with Crippen molar-refractivity contribution in [3.63, 3.8) is 0 Å². The van der Waals surface area contributed by atoms with Crippen LogP contribution in [0, 0.1) is 12.8 Å². The highest BCUT2D eigenvalue weighted by Crippen LogP contribution is 2.29. The number of thiophene rings is 1. The molecule has 0 aromatic carbocycles. The molecular formula is C14H24BrNS.